The molecule has 0 aromatic carbocycles. The summed E-state index contributed by atoms with van der Waals surface area (Å²) < 4.78 is 3.96. The quantitative estimate of drug-likeness (QED) is 0.217. The van der Waals surface area contributed by atoms with Crippen LogP contribution in [0.4, 0.5) is 0 Å². The fourth-order valence-electron chi connectivity index (χ4n) is 4.38. The van der Waals surface area contributed by atoms with Gasteiger partial charge in [0, 0.05) is 40.1 Å². The molecule has 38 heavy (non-hydrogen) atoms. The molecule has 0 aliphatic rings. The summed E-state index contributed by atoms with van der Waals surface area (Å²) in [6.45, 7) is 22.0. The molecule has 4 rings (SSSR count). The average molecular weight is 692 g/mol. The maximum absolute atomic E-state index is 5.19. The first-order chi connectivity index (χ1) is 17.3. The largest absolute Gasteiger partial charge is 2.00 e. The first kappa shape index (κ1) is 30.0. The van der Waals surface area contributed by atoms with Gasteiger partial charge < -0.3 is 19.1 Å². The van der Waals surface area contributed by atoms with Gasteiger partial charge in [0.2, 0.25) is 0 Å². The van der Waals surface area contributed by atoms with Crippen LogP contribution < -0.4 is 0 Å². The molecule has 0 radical (unpaired) electrons. The second kappa shape index (κ2) is 10.9. The SMILES string of the molecule is CCc1nc[c-]n1-c1cc(C(C)(C)C)cc(C(C)(C)c2cc(C(C)(C)C)cc(-n3[c-]cnc3CC)n2)n1.[Pt+2]. The molecule has 0 bridgehead atoms. The minimum absolute atomic E-state index is 0. The molecule has 0 atom stereocenters. The van der Waals surface area contributed by atoms with Crippen molar-refractivity contribution in [3.05, 3.63) is 83.2 Å². The Bertz CT molecular complexity index is 1290. The summed E-state index contributed by atoms with van der Waals surface area (Å²) in [5.74, 6) is 3.57. The zero-order valence-electron chi connectivity index (χ0n) is 24.4. The van der Waals surface area contributed by atoms with Gasteiger partial charge >= 0.3 is 21.1 Å². The molecule has 6 nitrogen and oxygen atoms in total. The Kier molecular flexibility index (Phi) is 8.58. The summed E-state index contributed by atoms with van der Waals surface area (Å²) >= 11 is 0. The zero-order chi connectivity index (χ0) is 27.2. The summed E-state index contributed by atoms with van der Waals surface area (Å²) in [6, 6.07) is 8.79. The van der Waals surface area contributed by atoms with Crippen molar-refractivity contribution in [3.63, 3.8) is 0 Å². The van der Waals surface area contributed by atoms with E-state index in [2.05, 4.69) is 116 Å². The summed E-state index contributed by atoms with van der Waals surface area (Å²) in [4.78, 5) is 19.4. The van der Waals surface area contributed by atoms with E-state index >= 15 is 0 Å². The summed E-state index contributed by atoms with van der Waals surface area (Å²) in [5, 5.41) is 0. The van der Waals surface area contributed by atoms with Gasteiger partial charge in [-0.05, 0) is 73.2 Å². The van der Waals surface area contributed by atoms with Gasteiger partial charge in [0.15, 0.2) is 0 Å². The maximum Gasteiger partial charge on any atom is 2.00 e. The van der Waals surface area contributed by atoms with Gasteiger partial charge in [-0.25, -0.2) is 0 Å². The van der Waals surface area contributed by atoms with Crippen LogP contribution in [-0.2, 0) is 50.2 Å². The van der Waals surface area contributed by atoms with Crippen molar-refractivity contribution < 1.29 is 21.1 Å². The van der Waals surface area contributed by atoms with Crippen molar-refractivity contribution in [2.24, 2.45) is 0 Å². The molecule has 204 valence electrons. The maximum atomic E-state index is 5.19. The number of aryl methyl sites for hydroxylation is 2. The summed E-state index contributed by atoms with van der Waals surface area (Å²) in [6.07, 6.45) is 11.6. The number of rotatable bonds is 6. The van der Waals surface area contributed by atoms with Gasteiger partial charge in [0.1, 0.15) is 0 Å². The van der Waals surface area contributed by atoms with E-state index < -0.39 is 5.41 Å². The number of hydrogen-bond acceptors (Lipinski definition) is 4. The van der Waals surface area contributed by atoms with Gasteiger partial charge in [0.25, 0.3) is 0 Å². The molecule has 0 aliphatic carbocycles. The van der Waals surface area contributed by atoms with E-state index in [-0.39, 0.29) is 31.9 Å². The molecule has 0 spiro atoms. The number of pyridine rings is 2. The van der Waals surface area contributed by atoms with Gasteiger partial charge in [-0.15, -0.1) is 0 Å². The minimum Gasteiger partial charge on any atom is -0.450 e. The van der Waals surface area contributed by atoms with E-state index in [1.165, 1.54) is 11.1 Å². The van der Waals surface area contributed by atoms with E-state index in [0.29, 0.717) is 0 Å². The molecular weight excluding hydrogens is 651 g/mol. The van der Waals surface area contributed by atoms with Crippen molar-refractivity contribution in [1.29, 1.82) is 0 Å². The molecule has 0 amide bonds. The van der Waals surface area contributed by atoms with Crippen molar-refractivity contribution in [1.82, 2.24) is 29.1 Å². The second-order valence-corrected chi connectivity index (χ2v) is 12.3. The monoisotopic (exact) mass is 691 g/mol. The molecule has 0 N–H and O–H groups in total. The average Bonchev–Trinajstić information content (AvgIpc) is 3.51. The Balaban J connectivity index is 0.00000400. The smallest absolute Gasteiger partial charge is 0.450 e. The van der Waals surface area contributed by atoms with Crippen LogP contribution in [0.25, 0.3) is 11.6 Å². The molecule has 0 fully saturated rings. The van der Waals surface area contributed by atoms with Crippen LogP contribution in [0.5, 0.6) is 0 Å². The normalized spacial score (nSPS) is 12.5. The molecule has 0 saturated heterocycles. The first-order valence-electron chi connectivity index (χ1n) is 13.2. The van der Waals surface area contributed by atoms with E-state index in [4.69, 9.17) is 9.97 Å². The van der Waals surface area contributed by atoms with Crippen LogP contribution in [0.2, 0.25) is 0 Å². The third-order valence-electron chi connectivity index (χ3n) is 7.04. The van der Waals surface area contributed by atoms with E-state index in [1.807, 2.05) is 9.13 Å². The number of imidazole rings is 2. The molecule has 0 unspecified atom stereocenters. The van der Waals surface area contributed by atoms with Gasteiger partial charge in [-0.2, -0.15) is 0 Å². The molecule has 0 aliphatic heterocycles. The molecule has 4 aromatic rings. The topological polar surface area (TPSA) is 61.4 Å². The van der Waals surface area contributed by atoms with Crippen molar-refractivity contribution in [3.8, 4) is 11.6 Å². The van der Waals surface area contributed by atoms with Gasteiger partial charge in [-0.3, -0.25) is 9.97 Å². The van der Waals surface area contributed by atoms with Gasteiger partial charge in [0.05, 0.1) is 0 Å². The molecule has 4 heterocycles. The van der Waals surface area contributed by atoms with Crippen LogP contribution in [0.3, 0.4) is 0 Å². The minimum atomic E-state index is -0.466. The predicted octanol–water partition coefficient (Wildman–Crippen LogP) is 6.49. The molecule has 0 saturated carbocycles. The van der Waals surface area contributed by atoms with Crippen LogP contribution in [-0.4, -0.2) is 29.1 Å². The molecule has 4 aromatic heterocycles. The number of nitrogens with zero attached hydrogens (tertiary/aromatic N) is 6. The van der Waals surface area contributed by atoms with Crippen LogP contribution in [0, 0.1) is 12.4 Å². The van der Waals surface area contributed by atoms with Crippen molar-refractivity contribution in [2.75, 3.05) is 0 Å². The second-order valence-electron chi connectivity index (χ2n) is 12.3. The van der Waals surface area contributed by atoms with Crippen LogP contribution in [0.15, 0.2) is 36.7 Å². The van der Waals surface area contributed by atoms with E-state index in [1.54, 1.807) is 12.4 Å². The van der Waals surface area contributed by atoms with Gasteiger partial charge in [-0.1, -0.05) is 79.9 Å². The molecule has 7 heteroatoms. The zero-order valence-corrected chi connectivity index (χ0v) is 26.7. The Labute approximate surface area is 242 Å². The van der Waals surface area contributed by atoms with Crippen LogP contribution >= 0.6 is 0 Å². The fraction of sp³-hybridized carbons (Fsp3) is 0.484. The van der Waals surface area contributed by atoms with E-state index in [0.717, 1.165) is 47.5 Å². The third kappa shape index (κ3) is 5.86. The van der Waals surface area contributed by atoms with Crippen molar-refractivity contribution >= 4 is 0 Å². The molecular formula is C31H40N6Pt. The van der Waals surface area contributed by atoms with Crippen molar-refractivity contribution in [2.45, 2.75) is 98.3 Å². The predicted molar refractivity (Wildman–Crippen MR) is 149 cm³/mol. The van der Waals surface area contributed by atoms with Crippen LogP contribution in [0.1, 0.15) is 103 Å². The Morgan fingerprint density at radius 1 is 0.632 bits per heavy atom. The fourth-order valence-corrected chi connectivity index (χ4v) is 4.38. The Morgan fingerprint density at radius 3 is 1.32 bits per heavy atom. The standard InChI is InChI=1S/C31H40N6.Pt/c1-11-25-32-13-15-36(25)27-19-21(29(3,4)5)17-23(34-27)31(9,10)24-18-22(30(6,7)8)20-28(35-24)37-16-14-33-26(37)12-2;/h13-14,17-20H,11-12H2,1-10H3;/q-2;+2. The van der Waals surface area contributed by atoms with E-state index in [9.17, 15) is 0 Å². The first-order valence-corrected chi connectivity index (χ1v) is 13.2. The summed E-state index contributed by atoms with van der Waals surface area (Å²) in [5.41, 5.74) is 3.79. The number of hydrogen-bond donors (Lipinski definition) is 0. The summed E-state index contributed by atoms with van der Waals surface area (Å²) in [7, 11) is 0. The third-order valence-corrected chi connectivity index (χ3v) is 7.04. The number of aromatic nitrogens is 6. The Hall–Kier alpha value is -2.59. The Morgan fingerprint density at radius 2 is 1.00 bits per heavy atom.